The van der Waals surface area contributed by atoms with Gasteiger partial charge in [-0.25, -0.2) is 9.67 Å². The van der Waals surface area contributed by atoms with Crippen LogP contribution in [0.4, 0.5) is 5.69 Å². The van der Waals surface area contributed by atoms with Gasteiger partial charge in [-0.3, -0.25) is 4.79 Å². The third kappa shape index (κ3) is 4.15. The fourth-order valence-corrected chi connectivity index (χ4v) is 4.35. The molecule has 2 aromatic heterocycles. The van der Waals surface area contributed by atoms with Gasteiger partial charge < -0.3 is 5.32 Å². The number of carbonyl (C=O) groups excluding carboxylic acids is 1. The van der Waals surface area contributed by atoms with E-state index in [0.29, 0.717) is 12.8 Å². The average molecular weight is 427 g/mol. The van der Waals surface area contributed by atoms with Gasteiger partial charge in [-0.05, 0) is 82.9 Å². The summed E-state index contributed by atoms with van der Waals surface area (Å²) < 4.78 is 1.92. The van der Waals surface area contributed by atoms with Crippen molar-refractivity contribution in [1.29, 1.82) is 0 Å². The molecule has 0 unspecified atom stereocenters. The second-order valence-corrected chi connectivity index (χ2v) is 8.70. The first kappa shape index (κ1) is 21.8. The number of fused-ring (bicyclic) bond motifs is 1. The minimum atomic E-state index is 0.0166. The smallest absolute Gasteiger partial charge is 0.224 e. The highest BCUT2D eigenvalue weighted by molar-refractivity contribution is 5.92. The lowest BCUT2D eigenvalue weighted by molar-refractivity contribution is -0.116. The number of anilines is 1. The van der Waals surface area contributed by atoms with Crippen molar-refractivity contribution in [3.05, 3.63) is 81.7 Å². The zero-order valence-electron chi connectivity index (χ0n) is 19.7. The number of aryl methyl sites for hydroxylation is 6. The number of hydrogen-bond acceptors (Lipinski definition) is 3. The average Bonchev–Trinajstić information content (AvgIpc) is 3.06. The fourth-order valence-electron chi connectivity index (χ4n) is 4.35. The van der Waals surface area contributed by atoms with Crippen LogP contribution in [-0.2, 0) is 11.2 Å². The number of aromatic nitrogens is 3. The summed E-state index contributed by atoms with van der Waals surface area (Å²) in [5.41, 5.74) is 10.4. The van der Waals surface area contributed by atoms with Crippen LogP contribution in [0.15, 0.2) is 42.5 Å². The molecule has 0 aliphatic heterocycles. The maximum absolute atomic E-state index is 12.6. The standard InChI is InChI=1S/C27H30N4O/c1-16-7-10-22(11-8-16)31-27-26(21(6)30-31)19(4)23(20(5)28-27)12-14-25(32)29-24-13-9-17(2)15-18(24)3/h7-11,13,15H,12,14H2,1-6H3,(H,29,32). The number of nitrogens with one attached hydrogen (secondary N) is 1. The van der Waals surface area contributed by atoms with Crippen LogP contribution in [-0.4, -0.2) is 20.7 Å². The van der Waals surface area contributed by atoms with Gasteiger partial charge in [0.15, 0.2) is 5.65 Å². The van der Waals surface area contributed by atoms with Gasteiger partial charge in [0.25, 0.3) is 0 Å². The first-order valence-corrected chi connectivity index (χ1v) is 11.0. The molecule has 0 bridgehead atoms. The zero-order chi connectivity index (χ0) is 23.0. The van der Waals surface area contributed by atoms with Crippen molar-refractivity contribution in [2.45, 2.75) is 54.4 Å². The lowest BCUT2D eigenvalue weighted by Gasteiger charge is -2.13. The summed E-state index contributed by atoms with van der Waals surface area (Å²) in [6, 6.07) is 14.4. The topological polar surface area (TPSA) is 59.8 Å². The maximum Gasteiger partial charge on any atom is 0.224 e. The minimum absolute atomic E-state index is 0.0166. The molecule has 4 rings (SSSR count). The Morgan fingerprint density at radius 3 is 2.28 bits per heavy atom. The third-order valence-electron chi connectivity index (χ3n) is 6.11. The zero-order valence-corrected chi connectivity index (χ0v) is 19.7. The first-order valence-electron chi connectivity index (χ1n) is 11.0. The number of nitrogens with zero attached hydrogens (tertiary/aromatic N) is 3. The molecule has 2 aromatic carbocycles. The van der Waals surface area contributed by atoms with Crippen molar-refractivity contribution in [2.24, 2.45) is 0 Å². The summed E-state index contributed by atoms with van der Waals surface area (Å²) in [4.78, 5) is 17.6. The number of carbonyl (C=O) groups is 1. The van der Waals surface area contributed by atoms with E-state index in [4.69, 9.17) is 10.1 Å². The minimum Gasteiger partial charge on any atom is -0.326 e. The molecule has 4 aromatic rings. The predicted octanol–water partition coefficient (Wildman–Crippen LogP) is 5.84. The van der Waals surface area contributed by atoms with Gasteiger partial charge in [0, 0.05) is 23.2 Å². The van der Waals surface area contributed by atoms with Crippen LogP contribution in [0, 0.1) is 41.5 Å². The Balaban J connectivity index is 1.60. The Bertz CT molecular complexity index is 1320. The molecule has 0 spiro atoms. The van der Waals surface area contributed by atoms with E-state index in [1.165, 1.54) is 11.1 Å². The first-order chi connectivity index (χ1) is 15.2. The maximum atomic E-state index is 12.6. The summed E-state index contributed by atoms with van der Waals surface area (Å²) in [6.07, 6.45) is 1.06. The number of rotatable bonds is 5. The lowest BCUT2D eigenvalue weighted by atomic mass is 9.99. The Morgan fingerprint density at radius 1 is 0.906 bits per heavy atom. The number of pyridine rings is 1. The number of hydrogen-bond donors (Lipinski definition) is 1. The molecule has 0 aliphatic carbocycles. The summed E-state index contributed by atoms with van der Waals surface area (Å²) in [7, 11) is 0. The van der Waals surface area contributed by atoms with E-state index in [1.54, 1.807) is 0 Å². The van der Waals surface area contributed by atoms with E-state index >= 15 is 0 Å². The molecule has 5 heteroatoms. The molecule has 32 heavy (non-hydrogen) atoms. The van der Waals surface area contributed by atoms with Crippen LogP contribution in [0.1, 0.15) is 45.6 Å². The van der Waals surface area contributed by atoms with Crippen LogP contribution in [0.3, 0.4) is 0 Å². The Labute approximate surface area is 189 Å². The summed E-state index contributed by atoms with van der Waals surface area (Å²) >= 11 is 0. The largest absolute Gasteiger partial charge is 0.326 e. The highest BCUT2D eigenvalue weighted by atomic mass is 16.1. The monoisotopic (exact) mass is 426 g/mol. The highest BCUT2D eigenvalue weighted by Crippen LogP contribution is 2.28. The summed E-state index contributed by atoms with van der Waals surface area (Å²) in [5, 5.41) is 8.90. The van der Waals surface area contributed by atoms with E-state index < -0.39 is 0 Å². The van der Waals surface area contributed by atoms with Gasteiger partial charge >= 0.3 is 0 Å². The molecule has 0 atom stereocenters. The predicted molar refractivity (Wildman–Crippen MR) is 131 cm³/mol. The molecule has 5 nitrogen and oxygen atoms in total. The van der Waals surface area contributed by atoms with E-state index in [9.17, 15) is 4.79 Å². The van der Waals surface area contributed by atoms with E-state index in [0.717, 1.165) is 50.5 Å². The molecular weight excluding hydrogens is 396 g/mol. The van der Waals surface area contributed by atoms with Crippen molar-refractivity contribution < 1.29 is 4.79 Å². The third-order valence-corrected chi connectivity index (χ3v) is 6.11. The van der Waals surface area contributed by atoms with E-state index in [2.05, 4.69) is 56.4 Å². The summed E-state index contributed by atoms with van der Waals surface area (Å²) in [6.45, 7) is 12.3. The second-order valence-electron chi connectivity index (χ2n) is 8.70. The molecule has 0 saturated heterocycles. The lowest BCUT2D eigenvalue weighted by Crippen LogP contribution is -2.14. The molecule has 0 saturated carbocycles. The van der Waals surface area contributed by atoms with E-state index in [-0.39, 0.29) is 5.91 Å². The Morgan fingerprint density at radius 2 is 1.59 bits per heavy atom. The van der Waals surface area contributed by atoms with Gasteiger partial charge in [-0.15, -0.1) is 0 Å². The van der Waals surface area contributed by atoms with Gasteiger partial charge in [0.05, 0.1) is 11.4 Å². The van der Waals surface area contributed by atoms with E-state index in [1.807, 2.05) is 37.6 Å². The van der Waals surface area contributed by atoms with Gasteiger partial charge in [-0.1, -0.05) is 35.4 Å². The van der Waals surface area contributed by atoms with Crippen LogP contribution in [0.5, 0.6) is 0 Å². The van der Waals surface area contributed by atoms with Crippen LogP contribution >= 0.6 is 0 Å². The van der Waals surface area contributed by atoms with Gasteiger partial charge in [0.2, 0.25) is 5.91 Å². The number of amides is 1. The van der Waals surface area contributed by atoms with Gasteiger partial charge in [0.1, 0.15) is 0 Å². The molecular formula is C27H30N4O. The SMILES string of the molecule is Cc1ccc(-n2nc(C)c3c(C)c(CCC(=O)Nc4ccc(C)cc4C)c(C)nc32)cc1. The van der Waals surface area contributed by atoms with Crippen LogP contribution < -0.4 is 5.32 Å². The molecule has 164 valence electrons. The van der Waals surface area contributed by atoms with Crippen molar-refractivity contribution in [1.82, 2.24) is 14.8 Å². The Kier molecular flexibility index (Phi) is 5.83. The van der Waals surface area contributed by atoms with Crippen molar-refractivity contribution >= 4 is 22.6 Å². The molecule has 1 N–H and O–H groups in total. The molecule has 1 amide bonds. The molecule has 2 heterocycles. The molecule has 0 radical (unpaired) electrons. The molecule has 0 aliphatic rings. The van der Waals surface area contributed by atoms with Gasteiger partial charge in [-0.2, -0.15) is 5.10 Å². The fraction of sp³-hybridized carbons (Fsp3) is 0.296. The van der Waals surface area contributed by atoms with Crippen LogP contribution in [0.2, 0.25) is 0 Å². The molecule has 0 fully saturated rings. The van der Waals surface area contributed by atoms with Crippen molar-refractivity contribution in [3.8, 4) is 5.69 Å². The summed E-state index contributed by atoms with van der Waals surface area (Å²) in [5.74, 6) is 0.0166. The van der Waals surface area contributed by atoms with Crippen molar-refractivity contribution in [2.75, 3.05) is 5.32 Å². The Hall–Kier alpha value is -3.47. The second kappa shape index (κ2) is 8.58. The number of benzene rings is 2. The van der Waals surface area contributed by atoms with Crippen molar-refractivity contribution in [3.63, 3.8) is 0 Å². The normalized spacial score (nSPS) is 11.2. The van der Waals surface area contributed by atoms with Crippen LogP contribution in [0.25, 0.3) is 16.7 Å². The quantitative estimate of drug-likeness (QED) is 0.436. The highest BCUT2D eigenvalue weighted by Gasteiger charge is 2.18.